The lowest BCUT2D eigenvalue weighted by Crippen LogP contribution is -2.17. The number of hydrogen-bond acceptors (Lipinski definition) is 5. The Morgan fingerprint density at radius 3 is 2.86 bits per heavy atom. The second-order valence-electron chi connectivity index (χ2n) is 3.91. The quantitative estimate of drug-likeness (QED) is 0.646. The van der Waals surface area contributed by atoms with Crippen molar-refractivity contribution in [1.29, 1.82) is 0 Å². The van der Waals surface area contributed by atoms with Crippen molar-refractivity contribution in [2.45, 2.75) is 11.1 Å². The molecule has 0 radical (unpaired) electrons. The normalized spacial score (nSPS) is 11.7. The Hall–Kier alpha value is -1.57. The van der Waals surface area contributed by atoms with E-state index in [1.807, 2.05) is 6.92 Å². The van der Waals surface area contributed by atoms with E-state index in [4.69, 9.17) is 16.3 Å². The van der Waals surface area contributed by atoms with Gasteiger partial charge in [0.2, 0.25) is 0 Å². The molecule has 1 heterocycles. The molecular weight excluding hydrogens is 332 g/mol. The van der Waals surface area contributed by atoms with Gasteiger partial charge in [-0.3, -0.25) is 0 Å². The fourth-order valence-corrected chi connectivity index (χ4v) is 3.52. The van der Waals surface area contributed by atoms with E-state index in [9.17, 15) is 8.42 Å². The van der Waals surface area contributed by atoms with E-state index in [1.165, 1.54) is 12.3 Å². The minimum Gasteiger partial charge on any atom is -0.492 e. The summed E-state index contributed by atoms with van der Waals surface area (Å²) in [7, 11) is -3.60. The van der Waals surface area contributed by atoms with Gasteiger partial charge >= 0.3 is 0 Å². The molecular formula is C13H13ClN2O3S2. The van der Waals surface area contributed by atoms with Gasteiger partial charge in [-0.05, 0) is 42.1 Å². The zero-order valence-corrected chi connectivity index (χ0v) is 13.5. The second kappa shape index (κ2) is 6.93. The largest absolute Gasteiger partial charge is 0.492 e. The number of hydrazone groups is 1. The van der Waals surface area contributed by atoms with E-state index in [0.29, 0.717) is 22.9 Å². The Kier molecular flexibility index (Phi) is 5.22. The van der Waals surface area contributed by atoms with Crippen LogP contribution in [0.2, 0.25) is 5.02 Å². The second-order valence-corrected chi connectivity index (χ2v) is 7.15. The molecule has 112 valence electrons. The minimum atomic E-state index is -3.60. The first kappa shape index (κ1) is 15.8. The third kappa shape index (κ3) is 4.20. The van der Waals surface area contributed by atoms with Gasteiger partial charge < -0.3 is 4.74 Å². The highest BCUT2D eigenvalue weighted by Gasteiger charge is 2.13. The molecule has 0 fully saturated rings. The Bertz CT molecular complexity index is 728. The number of nitrogens with zero attached hydrogens (tertiary/aromatic N) is 1. The van der Waals surface area contributed by atoms with E-state index in [2.05, 4.69) is 9.93 Å². The summed E-state index contributed by atoms with van der Waals surface area (Å²) in [4.78, 5) is 2.15. The Morgan fingerprint density at radius 2 is 2.24 bits per heavy atom. The van der Waals surface area contributed by atoms with Gasteiger partial charge in [-0.1, -0.05) is 17.7 Å². The maximum atomic E-state index is 11.8. The number of halogens is 1. The third-order valence-corrected chi connectivity index (χ3v) is 5.32. The van der Waals surface area contributed by atoms with Crippen molar-refractivity contribution in [3.8, 4) is 5.75 Å². The molecule has 8 heteroatoms. The van der Waals surface area contributed by atoms with Crippen LogP contribution in [0.15, 0.2) is 45.0 Å². The molecule has 0 aliphatic carbocycles. The van der Waals surface area contributed by atoms with Crippen LogP contribution in [0, 0.1) is 0 Å². The molecule has 21 heavy (non-hydrogen) atoms. The number of thiophene rings is 1. The van der Waals surface area contributed by atoms with Crippen LogP contribution in [0.5, 0.6) is 5.75 Å². The van der Waals surface area contributed by atoms with Crippen LogP contribution in [0.1, 0.15) is 12.5 Å². The fourth-order valence-electron chi connectivity index (χ4n) is 1.50. The lowest BCUT2D eigenvalue weighted by atomic mass is 10.2. The average molecular weight is 345 g/mol. The number of rotatable bonds is 6. The Morgan fingerprint density at radius 1 is 1.43 bits per heavy atom. The van der Waals surface area contributed by atoms with Crippen LogP contribution in [-0.2, 0) is 10.0 Å². The van der Waals surface area contributed by atoms with Gasteiger partial charge in [0.25, 0.3) is 10.0 Å². The molecule has 0 saturated carbocycles. The molecule has 0 spiro atoms. The topological polar surface area (TPSA) is 67.8 Å². The van der Waals surface area contributed by atoms with Crippen molar-refractivity contribution >= 4 is 39.2 Å². The molecule has 2 aromatic rings. The fraction of sp³-hybridized carbons (Fsp3) is 0.154. The molecule has 0 atom stereocenters. The number of benzene rings is 1. The van der Waals surface area contributed by atoms with Gasteiger partial charge in [0.1, 0.15) is 9.96 Å². The molecule has 0 aliphatic rings. The number of sulfonamides is 1. The highest BCUT2D eigenvalue weighted by atomic mass is 35.5. The maximum absolute atomic E-state index is 11.8. The van der Waals surface area contributed by atoms with E-state index in [1.54, 1.807) is 29.6 Å². The Balaban J connectivity index is 2.07. The number of ether oxygens (including phenoxy) is 1. The summed E-state index contributed by atoms with van der Waals surface area (Å²) in [6.45, 7) is 2.39. The summed E-state index contributed by atoms with van der Waals surface area (Å²) in [6.07, 6.45) is 1.38. The molecule has 0 aliphatic heterocycles. The van der Waals surface area contributed by atoms with Gasteiger partial charge in [-0.2, -0.15) is 18.4 Å². The first-order chi connectivity index (χ1) is 10.0. The highest BCUT2D eigenvalue weighted by molar-refractivity contribution is 7.91. The summed E-state index contributed by atoms with van der Waals surface area (Å²) in [5, 5.41) is 5.86. The summed E-state index contributed by atoms with van der Waals surface area (Å²) < 4.78 is 29.2. The van der Waals surface area contributed by atoms with Crippen LogP contribution < -0.4 is 9.57 Å². The van der Waals surface area contributed by atoms with E-state index in [-0.39, 0.29) is 4.21 Å². The first-order valence-electron chi connectivity index (χ1n) is 6.03. The molecule has 0 amide bonds. The SMILES string of the molecule is CCOc1ccc(/C=N/NS(=O)(=O)c2cccs2)cc1Cl. The number of hydrogen-bond donors (Lipinski definition) is 1. The predicted octanol–water partition coefficient (Wildman–Crippen LogP) is 3.11. The van der Waals surface area contributed by atoms with Gasteiger partial charge in [0, 0.05) is 0 Å². The third-order valence-electron chi connectivity index (χ3n) is 2.40. The minimum absolute atomic E-state index is 0.212. The standard InChI is InChI=1S/C13H13ClN2O3S2/c1-2-19-12-6-5-10(8-11(12)14)9-15-16-21(17,18)13-4-3-7-20-13/h3-9,16H,2H2,1H3/b15-9+. The molecule has 1 aromatic carbocycles. The number of nitrogens with one attached hydrogen (secondary N) is 1. The average Bonchev–Trinajstić information content (AvgIpc) is 2.96. The molecule has 5 nitrogen and oxygen atoms in total. The Labute approximate surface area is 132 Å². The maximum Gasteiger partial charge on any atom is 0.286 e. The molecule has 1 N–H and O–H groups in total. The molecule has 0 bridgehead atoms. The molecule has 0 saturated heterocycles. The summed E-state index contributed by atoms with van der Waals surface area (Å²) >= 11 is 7.16. The van der Waals surface area contributed by atoms with Gasteiger partial charge in [0.05, 0.1) is 17.8 Å². The lowest BCUT2D eigenvalue weighted by molar-refractivity contribution is 0.340. The van der Waals surface area contributed by atoms with Gasteiger partial charge in [-0.25, -0.2) is 0 Å². The monoisotopic (exact) mass is 344 g/mol. The first-order valence-corrected chi connectivity index (χ1v) is 8.77. The molecule has 1 aromatic heterocycles. The van der Waals surface area contributed by atoms with E-state index < -0.39 is 10.0 Å². The van der Waals surface area contributed by atoms with Gasteiger partial charge in [-0.15, -0.1) is 11.3 Å². The van der Waals surface area contributed by atoms with Crippen molar-refractivity contribution < 1.29 is 13.2 Å². The van der Waals surface area contributed by atoms with E-state index in [0.717, 1.165) is 11.3 Å². The van der Waals surface area contributed by atoms with Crippen LogP contribution in [0.4, 0.5) is 0 Å². The summed E-state index contributed by atoms with van der Waals surface area (Å²) in [5.41, 5.74) is 0.664. The van der Waals surface area contributed by atoms with Crippen LogP contribution >= 0.6 is 22.9 Å². The highest BCUT2D eigenvalue weighted by Crippen LogP contribution is 2.24. The summed E-state index contributed by atoms with van der Waals surface area (Å²) in [6, 6.07) is 8.27. The lowest BCUT2D eigenvalue weighted by Gasteiger charge is -2.05. The predicted molar refractivity (Wildman–Crippen MR) is 84.9 cm³/mol. The van der Waals surface area contributed by atoms with Crippen molar-refractivity contribution in [1.82, 2.24) is 4.83 Å². The molecule has 0 unspecified atom stereocenters. The molecule has 2 rings (SSSR count). The van der Waals surface area contributed by atoms with Crippen LogP contribution in [0.25, 0.3) is 0 Å². The smallest absolute Gasteiger partial charge is 0.286 e. The summed E-state index contributed by atoms with van der Waals surface area (Å²) in [5.74, 6) is 0.579. The van der Waals surface area contributed by atoms with Crippen molar-refractivity contribution in [2.24, 2.45) is 5.10 Å². The zero-order valence-electron chi connectivity index (χ0n) is 11.1. The zero-order chi connectivity index (χ0) is 15.3. The van der Waals surface area contributed by atoms with Crippen LogP contribution in [-0.4, -0.2) is 21.2 Å². The van der Waals surface area contributed by atoms with Crippen LogP contribution in [0.3, 0.4) is 0 Å². The van der Waals surface area contributed by atoms with Crippen molar-refractivity contribution in [2.75, 3.05) is 6.61 Å². The van der Waals surface area contributed by atoms with E-state index >= 15 is 0 Å². The van der Waals surface area contributed by atoms with Gasteiger partial charge in [0.15, 0.2) is 0 Å². The van der Waals surface area contributed by atoms with Crippen molar-refractivity contribution in [3.05, 3.63) is 46.3 Å². The van der Waals surface area contributed by atoms with Crippen molar-refractivity contribution in [3.63, 3.8) is 0 Å².